The Morgan fingerprint density at radius 1 is 1.24 bits per heavy atom. The van der Waals surface area contributed by atoms with Crippen LogP contribution in [0.3, 0.4) is 0 Å². The number of pyridine rings is 1. The molecule has 2 aromatic rings. The van der Waals surface area contributed by atoms with Crippen LogP contribution in [-0.2, 0) is 9.59 Å². The quantitative estimate of drug-likeness (QED) is 0.715. The summed E-state index contributed by atoms with van der Waals surface area (Å²) in [6.45, 7) is 1.20. The van der Waals surface area contributed by atoms with E-state index in [9.17, 15) is 9.59 Å². The lowest BCUT2D eigenvalue weighted by Gasteiger charge is -2.32. The van der Waals surface area contributed by atoms with Gasteiger partial charge in [-0.25, -0.2) is 4.98 Å². The van der Waals surface area contributed by atoms with E-state index in [1.54, 1.807) is 24.4 Å². The van der Waals surface area contributed by atoms with Crippen molar-refractivity contribution in [1.29, 1.82) is 0 Å². The van der Waals surface area contributed by atoms with E-state index in [0.29, 0.717) is 22.2 Å². The summed E-state index contributed by atoms with van der Waals surface area (Å²) in [4.78, 5) is 30.1. The third-order valence-electron chi connectivity index (χ3n) is 4.70. The van der Waals surface area contributed by atoms with Crippen LogP contribution < -0.4 is 25.4 Å². The molecule has 9 heteroatoms. The molecule has 1 aromatic heterocycles. The molecular weight excluding hydrogens is 396 g/mol. The maximum Gasteiger partial charge on any atom is 0.255 e. The van der Waals surface area contributed by atoms with E-state index >= 15 is 0 Å². The first-order valence-electron chi connectivity index (χ1n) is 9.23. The molecule has 8 nitrogen and oxygen atoms in total. The van der Waals surface area contributed by atoms with Gasteiger partial charge in [-0.3, -0.25) is 9.59 Å². The molecule has 1 aliphatic rings. The Morgan fingerprint density at radius 2 is 2.00 bits per heavy atom. The number of methoxy groups -OCH3 is 1. The normalized spacial score (nSPS) is 14.3. The van der Waals surface area contributed by atoms with Gasteiger partial charge in [0.05, 0.1) is 12.1 Å². The van der Waals surface area contributed by atoms with Gasteiger partial charge >= 0.3 is 0 Å². The van der Waals surface area contributed by atoms with Crippen LogP contribution in [0, 0.1) is 5.92 Å². The van der Waals surface area contributed by atoms with Gasteiger partial charge in [0, 0.05) is 37.0 Å². The molecule has 1 aliphatic heterocycles. The molecule has 2 amide bonds. The number of nitrogens with one attached hydrogen (secondary N) is 1. The summed E-state index contributed by atoms with van der Waals surface area (Å²) in [6, 6.07) is 8.70. The van der Waals surface area contributed by atoms with Crippen LogP contribution >= 0.6 is 11.6 Å². The number of ether oxygens (including phenoxy) is 2. The van der Waals surface area contributed by atoms with Crippen LogP contribution in [0.5, 0.6) is 11.5 Å². The van der Waals surface area contributed by atoms with Crippen molar-refractivity contribution in [3.63, 3.8) is 0 Å². The summed E-state index contributed by atoms with van der Waals surface area (Å²) in [5, 5.41) is 3.51. The van der Waals surface area contributed by atoms with Gasteiger partial charge in [-0.2, -0.15) is 0 Å². The molecule has 1 fully saturated rings. The number of amides is 2. The van der Waals surface area contributed by atoms with Gasteiger partial charge in [0.1, 0.15) is 5.82 Å². The van der Waals surface area contributed by atoms with Crippen molar-refractivity contribution in [2.45, 2.75) is 12.8 Å². The molecule has 154 valence electrons. The van der Waals surface area contributed by atoms with E-state index in [0.717, 1.165) is 31.7 Å². The lowest BCUT2D eigenvalue weighted by Crippen LogP contribution is -2.38. The van der Waals surface area contributed by atoms with E-state index in [1.165, 1.54) is 7.11 Å². The van der Waals surface area contributed by atoms with Crippen molar-refractivity contribution in [3.05, 3.63) is 41.6 Å². The molecule has 3 N–H and O–H groups in total. The van der Waals surface area contributed by atoms with Gasteiger partial charge in [-0.05, 0) is 37.1 Å². The van der Waals surface area contributed by atoms with Crippen molar-refractivity contribution in [1.82, 2.24) is 4.98 Å². The van der Waals surface area contributed by atoms with Crippen LogP contribution in [0.15, 0.2) is 36.5 Å². The molecule has 0 spiro atoms. The van der Waals surface area contributed by atoms with Crippen LogP contribution in [-0.4, -0.2) is 43.6 Å². The van der Waals surface area contributed by atoms with E-state index in [1.807, 2.05) is 12.1 Å². The van der Waals surface area contributed by atoms with E-state index in [-0.39, 0.29) is 18.4 Å². The Kier molecular flexibility index (Phi) is 6.77. The van der Waals surface area contributed by atoms with Gasteiger partial charge in [0.2, 0.25) is 5.91 Å². The first kappa shape index (κ1) is 20.7. The number of hydrogen-bond donors (Lipinski definition) is 2. The highest BCUT2D eigenvalue weighted by Crippen LogP contribution is 2.31. The van der Waals surface area contributed by atoms with Crippen LogP contribution in [0.25, 0.3) is 0 Å². The monoisotopic (exact) mass is 418 g/mol. The maximum absolute atomic E-state index is 12.7. The fourth-order valence-corrected chi connectivity index (χ4v) is 3.30. The molecule has 1 saturated heterocycles. The lowest BCUT2D eigenvalue weighted by molar-refractivity contribution is -0.121. The first-order valence-corrected chi connectivity index (χ1v) is 9.60. The third-order valence-corrected chi connectivity index (χ3v) is 4.93. The second-order valence-electron chi connectivity index (χ2n) is 6.71. The fourth-order valence-electron chi connectivity index (χ4n) is 3.19. The molecule has 0 saturated carbocycles. The zero-order chi connectivity index (χ0) is 20.8. The maximum atomic E-state index is 12.7. The number of carbonyl (C=O) groups excluding carboxylic acids is 2. The summed E-state index contributed by atoms with van der Waals surface area (Å²) >= 11 is 5.88. The van der Waals surface area contributed by atoms with Gasteiger partial charge in [-0.1, -0.05) is 11.6 Å². The Labute approximate surface area is 173 Å². The standard InChI is InChI=1S/C20H23ClN4O4/c1-28-16-4-3-15(10-17(16)29-12-18(22)26)24-20(27)13-6-8-25(9-7-13)19-5-2-14(21)11-23-19/h2-5,10-11,13H,6-9,12H2,1H3,(H2,22,26)(H,24,27). The SMILES string of the molecule is COc1ccc(NC(=O)C2CCN(c3ccc(Cl)cn3)CC2)cc1OCC(N)=O. The highest BCUT2D eigenvalue weighted by Gasteiger charge is 2.26. The molecule has 0 bridgehead atoms. The van der Waals surface area contributed by atoms with Crippen molar-refractivity contribution < 1.29 is 19.1 Å². The van der Waals surface area contributed by atoms with Crippen LogP contribution in [0.1, 0.15) is 12.8 Å². The van der Waals surface area contributed by atoms with E-state index in [2.05, 4.69) is 15.2 Å². The minimum Gasteiger partial charge on any atom is -0.493 e. The van der Waals surface area contributed by atoms with Gasteiger partial charge in [0.15, 0.2) is 18.1 Å². The summed E-state index contributed by atoms with van der Waals surface area (Å²) in [7, 11) is 1.49. The van der Waals surface area contributed by atoms with Crippen molar-refractivity contribution in [2.24, 2.45) is 11.7 Å². The number of halogens is 1. The molecule has 0 aliphatic carbocycles. The summed E-state index contributed by atoms with van der Waals surface area (Å²) < 4.78 is 10.6. The Balaban J connectivity index is 1.58. The first-order chi connectivity index (χ1) is 14.0. The zero-order valence-corrected chi connectivity index (χ0v) is 16.8. The summed E-state index contributed by atoms with van der Waals surface area (Å²) in [5.41, 5.74) is 5.69. The van der Waals surface area contributed by atoms with Crippen molar-refractivity contribution >= 4 is 34.9 Å². The lowest BCUT2D eigenvalue weighted by atomic mass is 9.95. The average molecular weight is 419 g/mol. The average Bonchev–Trinajstić information content (AvgIpc) is 2.73. The fraction of sp³-hybridized carbons (Fsp3) is 0.350. The van der Waals surface area contributed by atoms with Gasteiger partial charge in [-0.15, -0.1) is 0 Å². The smallest absolute Gasteiger partial charge is 0.255 e. The predicted octanol–water partition coefficient (Wildman–Crippen LogP) is 2.46. The highest BCUT2D eigenvalue weighted by atomic mass is 35.5. The molecule has 3 rings (SSSR count). The minimum atomic E-state index is -0.594. The second-order valence-corrected chi connectivity index (χ2v) is 7.14. The third kappa shape index (κ3) is 5.51. The molecule has 0 radical (unpaired) electrons. The van der Waals surface area contributed by atoms with Crippen LogP contribution in [0.4, 0.5) is 11.5 Å². The topological polar surface area (TPSA) is 107 Å². The largest absolute Gasteiger partial charge is 0.493 e. The number of anilines is 2. The number of aromatic nitrogens is 1. The summed E-state index contributed by atoms with van der Waals surface area (Å²) in [5.74, 6) is 0.902. The second kappa shape index (κ2) is 9.47. The number of nitrogens with two attached hydrogens (primary N) is 1. The van der Waals surface area contributed by atoms with Crippen molar-refractivity contribution in [2.75, 3.05) is 37.0 Å². The number of hydrogen-bond acceptors (Lipinski definition) is 6. The van der Waals surface area contributed by atoms with E-state index < -0.39 is 5.91 Å². The van der Waals surface area contributed by atoms with Gasteiger partial charge < -0.3 is 25.4 Å². The molecular formula is C20H23ClN4O4. The summed E-state index contributed by atoms with van der Waals surface area (Å²) in [6.07, 6.45) is 3.06. The zero-order valence-electron chi connectivity index (χ0n) is 16.1. The van der Waals surface area contributed by atoms with E-state index in [4.69, 9.17) is 26.8 Å². The highest BCUT2D eigenvalue weighted by molar-refractivity contribution is 6.30. The molecule has 0 atom stereocenters. The minimum absolute atomic E-state index is 0.0558. The predicted molar refractivity (Wildman–Crippen MR) is 110 cm³/mol. The number of primary amides is 1. The molecule has 2 heterocycles. The molecule has 0 unspecified atom stereocenters. The van der Waals surface area contributed by atoms with Gasteiger partial charge in [0.25, 0.3) is 5.91 Å². The van der Waals surface area contributed by atoms with Crippen molar-refractivity contribution in [3.8, 4) is 11.5 Å². The number of carbonyl (C=O) groups is 2. The Hall–Kier alpha value is -3.00. The number of rotatable bonds is 7. The molecule has 29 heavy (non-hydrogen) atoms. The number of nitrogens with zero attached hydrogens (tertiary/aromatic N) is 2. The van der Waals surface area contributed by atoms with Crippen LogP contribution in [0.2, 0.25) is 5.02 Å². The number of piperidine rings is 1. The molecule has 1 aromatic carbocycles. The Bertz CT molecular complexity index is 867. The number of benzene rings is 1. The Morgan fingerprint density at radius 3 is 2.62 bits per heavy atom.